The zero-order valence-corrected chi connectivity index (χ0v) is 7.30. The van der Waals surface area contributed by atoms with Crippen molar-refractivity contribution < 1.29 is 9.53 Å². The van der Waals surface area contributed by atoms with Crippen LogP contribution in [0.4, 0.5) is 0 Å². The van der Waals surface area contributed by atoms with Crippen molar-refractivity contribution in [1.82, 2.24) is 9.97 Å². The Bertz CT molecular complexity index is 276. The minimum atomic E-state index is -0.643. The van der Waals surface area contributed by atoms with Crippen LogP contribution in [0.2, 0.25) is 0 Å². The maximum Gasteiger partial charge on any atom is 0.322 e. The van der Waals surface area contributed by atoms with Crippen molar-refractivity contribution in [3.05, 3.63) is 24.3 Å². The third-order valence-corrected chi connectivity index (χ3v) is 1.57. The van der Waals surface area contributed by atoms with Crippen molar-refractivity contribution in [3.8, 4) is 0 Å². The molecule has 0 aliphatic heterocycles. The van der Waals surface area contributed by atoms with Crippen molar-refractivity contribution in [2.75, 3.05) is 7.11 Å². The third kappa shape index (κ3) is 2.79. The molecule has 0 spiro atoms. The summed E-state index contributed by atoms with van der Waals surface area (Å²) in [6, 6.07) is -0.643. The summed E-state index contributed by atoms with van der Waals surface area (Å²) in [5.41, 5.74) is 6.35. The van der Waals surface area contributed by atoms with Crippen LogP contribution in [0, 0.1) is 0 Å². The van der Waals surface area contributed by atoms with Crippen LogP contribution in [0.5, 0.6) is 0 Å². The first kappa shape index (κ1) is 9.60. The topological polar surface area (TPSA) is 78.1 Å². The molecular formula is C8H11N3O2. The van der Waals surface area contributed by atoms with Gasteiger partial charge in [0.05, 0.1) is 7.11 Å². The summed E-state index contributed by atoms with van der Waals surface area (Å²) in [4.78, 5) is 18.5. The van der Waals surface area contributed by atoms with Gasteiger partial charge in [-0.3, -0.25) is 4.79 Å². The summed E-state index contributed by atoms with van der Waals surface area (Å²) < 4.78 is 4.48. The van der Waals surface area contributed by atoms with E-state index in [2.05, 4.69) is 14.7 Å². The molecule has 0 aliphatic carbocycles. The Morgan fingerprint density at radius 2 is 2.23 bits per heavy atom. The molecule has 0 saturated carbocycles. The Balaban J connectivity index is 2.55. The van der Waals surface area contributed by atoms with Crippen molar-refractivity contribution in [1.29, 1.82) is 0 Å². The van der Waals surface area contributed by atoms with Gasteiger partial charge in [-0.25, -0.2) is 9.97 Å². The number of nitrogens with two attached hydrogens (primary N) is 1. The van der Waals surface area contributed by atoms with Gasteiger partial charge in [0, 0.05) is 18.8 Å². The number of hydrogen-bond donors (Lipinski definition) is 1. The fraction of sp³-hybridized carbons (Fsp3) is 0.375. The number of hydrogen-bond acceptors (Lipinski definition) is 5. The summed E-state index contributed by atoms with van der Waals surface area (Å²) >= 11 is 0. The highest BCUT2D eigenvalue weighted by Crippen LogP contribution is 1.98. The zero-order valence-electron chi connectivity index (χ0n) is 7.30. The van der Waals surface area contributed by atoms with Crippen LogP contribution in [0.3, 0.4) is 0 Å². The lowest BCUT2D eigenvalue weighted by Crippen LogP contribution is -2.33. The molecule has 0 aliphatic rings. The molecule has 0 radical (unpaired) electrons. The van der Waals surface area contributed by atoms with Crippen molar-refractivity contribution in [2.45, 2.75) is 12.5 Å². The van der Waals surface area contributed by atoms with Gasteiger partial charge in [-0.2, -0.15) is 0 Å². The molecule has 1 atom stereocenters. The predicted molar refractivity (Wildman–Crippen MR) is 45.7 cm³/mol. The smallest absolute Gasteiger partial charge is 0.322 e. The second kappa shape index (κ2) is 4.51. The average molecular weight is 181 g/mol. The molecule has 5 nitrogen and oxygen atoms in total. The first-order valence-corrected chi connectivity index (χ1v) is 3.81. The van der Waals surface area contributed by atoms with E-state index in [4.69, 9.17) is 5.73 Å². The standard InChI is InChI=1S/C8H11N3O2/c1-13-8(12)7(9)2-6-3-10-5-11-4-6/h3-5,7H,2,9H2,1H3. The van der Waals surface area contributed by atoms with Gasteiger partial charge in [0.15, 0.2) is 0 Å². The van der Waals surface area contributed by atoms with E-state index in [1.54, 1.807) is 12.4 Å². The molecule has 0 aromatic carbocycles. The van der Waals surface area contributed by atoms with Gasteiger partial charge >= 0.3 is 5.97 Å². The summed E-state index contributed by atoms with van der Waals surface area (Å²) in [6.45, 7) is 0. The van der Waals surface area contributed by atoms with E-state index in [-0.39, 0.29) is 0 Å². The summed E-state index contributed by atoms with van der Waals surface area (Å²) in [5.74, 6) is -0.427. The minimum absolute atomic E-state index is 0.396. The molecule has 0 fully saturated rings. The Morgan fingerprint density at radius 1 is 1.62 bits per heavy atom. The Morgan fingerprint density at radius 3 is 2.77 bits per heavy atom. The van der Waals surface area contributed by atoms with Crippen LogP contribution in [-0.2, 0) is 16.0 Å². The fourth-order valence-corrected chi connectivity index (χ4v) is 0.924. The van der Waals surface area contributed by atoms with Gasteiger partial charge in [0.1, 0.15) is 12.4 Å². The first-order valence-electron chi connectivity index (χ1n) is 3.81. The van der Waals surface area contributed by atoms with Gasteiger partial charge in [0.25, 0.3) is 0 Å². The first-order chi connectivity index (χ1) is 6.24. The SMILES string of the molecule is COC(=O)C(N)Cc1cncnc1. The molecule has 2 N–H and O–H groups in total. The van der Waals surface area contributed by atoms with E-state index >= 15 is 0 Å². The molecule has 0 saturated heterocycles. The van der Waals surface area contributed by atoms with Gasteiger partial charge in [-0.05, 0) is 5.56 Å². The molecule has 70 valence electrons. The van der Waals surface area contributed by atoms with Crippen LogP contribution in [0.1, 0.15) is 5.56 Å². The highest BCUT2D eigenvalue weighted by Gasteiger charge is 2.13. The van der Waals surface area contributed by atoms with Gasteiger partial charge in [-0.1, -0.05) is 0 Å². The molecule has 1 aromatic rings. The molecule has 13 heavy (non-hydrogen) atoms. The second-order valence-electron chi connectivity index (χ2n) is 2.58. The second-order valence-corrected chi connectivity index (χ2v) is 2.58. The summed E-state index contributed by atoms with van der Waals surface area (Å²) in [7, 11) is 1.31. The van der Waals surface area contributed by atoms with Crippen LogP contribution in [0.25, 0.3) is 0 Å². The average Bonchev–Trinajstić information content (AvgIpc) is 2.18. The van der Waals surface area contributed by atoms with E-state index in [0.29, 0.717) is 6.42 Å². The number of carbonyl (C=O) groups is 1. The highest BCUT2D eigenvalue weighted by molar-refractivity contribution is 5.75. The summed E-state index contributed by atoms with van der Waals surface area (Å²) in [6.07, 6.45) is 5.06. The molecule has 5 heteroatoms. The molecule has 1 unspecified atom stereocenters. The predicted octanol–water partition coefficient (Wildman–Crippen LogP) is -0.481. The van der Waals surface area contributed by atoms with Crippen LogP contribution < -0.4 is 5.73 Å². The molecule has 0 amide bonds. The minimum Gasteiger partial charge on any atom is -0.468 e. The Kier molecular flexibility index (Phi) is 3.33. The summed E-state index contributed by atoms with van der Waals surface area (Å²) in [5, 5.41) is 0. The molecular weight excluding hydrogens is 170 g/mol. The van der Waals surface area contributed by atoms with E-state index in [0.717, 1.165) is 5.56 Å². The number of ether oxygens (including phenoxy) is 1. The highest BCUT2D eigenvalue weighted by atomic mass is 16.5. The monoisotopic (exact) mass is 181 g/mol. The zero-order chi connectivity index (χ0) is 9.68. The Hall–Kier alpha value is -1.49. The van der Waals surface area contributed by atoms with Crippen molar-refractivity contribution in [2.24, 2.45) is 5.73 Å². The lowest BCUT2D eigenvalue weighted by molar-refractivity contribution is -0.142. The van der Waals surface area contributed by atoms with E-state index < -0.39 is 12.0 Å². The van der Waals surface area contributed by atoms with Crippen LogP contribution in [-0.4, -0.2) is 29.1 Å². The van der Waals surface area contributed by atoms with E-state index in [1.165, 1.54) is 13.4 Å². The number of carbonyl (C=O) groups excluding carboxylic acids is 1. The third-order valence-electron chi connectivity index (χ3n) is 1.57. The van der Waals surface area contributed by atoms with Crippen molar-refractivity contribution >= 4 is 5.97 Å². The van der Waals surface area contributed by atoms with Crippen molar-refractivity contribution in [3.63, 3.8) is 0 Å². The normalized spacial score (nSPS) is 12.2. The van der Waals surface area contributed by atoms with Gasteiger partial charge < -0.3 is 10.5 Å². The maximum absolute atomic E-state index is 10.9. The number of rotatable bonds is 3. The van der Waals surface area contributed by atoms with Crippen LogP contribution >= 0.6 is 0 Å². The number of nitrogens with zero attached hydrogens (tertiary/aromatic N) is 2. The Labute approximate surface area is 75.9 Å². The van der Waals surface area contributed by atoms with E-state index in [1.807, 2.05) is 0 Å². The van der Waals surface area contributed by atoms with Gasteiger partial charge in [-0.15, -0.1) is 0 Å². The number of esters is 1. The molecule has 0 bridgehead atoms. The lowest BCUT2D eigenvalue weighted by Gasteiger charge is -2.07. The van der Waals surface area contributed by atoms with E-state index in [9.17, 15) is 4.79 Å². The molecule has 1 aromatic heterocycles. The number of methoxy groups -OCH3 is 1. The molecule has 1 rings (SSSR count). The number of aromatic nitrogens is 2. The quantitative estimate of drug-likeness (QED) is 0.637. The van der Waals surface area contributed by atoms with Crippen LogP contribution in [0.15, 0.2) is 18.7 Å². The fourth-order valence-electron chi connectivity index (χ4n) is 0.924. The van der Waals surface area contributed by atoms with Gasteiger partial charge in [0.2, 0.25) is 0 Å². The largest absolute Gasteiger partial charge is 0.468 e. The maximum atomic E-state index is 10.9. The molecule has 1 heterocycles. The lowest BCUT2D eigenvalue weighted by atomic mass is 10.1.